The topological polar surface area (TPSA) is 89.3 Å². The number of carbonyl (C=O) groups is 1. The van der Waals surface area contributed by atoms with E-state index in [1.165, 1.54) is 13.2 Å². The van der Waals surface area contributed by atoms with E-state index in [1.807, 2.05) is 6.07 Å². The predicted octanol–water partition coefficient (Wildman–Crippen LogP) is 0.0256. The van der Waals surface area contributed by atoms with Gasteiger partial charge in [0.2, 0.25) is 5.91 Å². The van der Waals surface area contributed by atoms with Crippen LogP contribution in [0.5, 0.6) is 0 Å². The van der Waals surface area contributed by atoms with E-state index in [4.69, 9.17) is 5.26 Å². The molecule has 1 aromatic rings. The Hall–Kier alpha value is -2.20. The van der Waals surface area contributed by atoms with Crippen LogP contribution in [-0.4, -0.2) is 42.2 Å². The molecule has 0 radical (unpaired) electrons. The number of aliphatic hydroxyl groups excluding tert-OH is 1. The van der Waals surface area contributed by atoms with Crippen LogP contribution in [0.1, 0.15) is 12.0 Å². The van der Waals surface area contributed by atoms with E-state index in [9.17, 15) is 14.3 Å². The largest absolute Gasteiger partial charge is 0.391 e. The molecule has 106 valence electrons. The number of aromatic nitrogens is 1. The molecule has 0 spiro atoms. The second-order valence-electron chi connectivity index (χ2n) is 4.75. The number of nitrogens with zero attached hydrogens (tertiary/aromatic N) is 3. The van der Waals surface area contributed by atoms with Crippen LogP contribution in [0.2, 0.25) is 0 Å². The van der Waals surface area contributed by atoms with Crippen molar-refractivity contribution in [3.8, 4) is 6.07 Å². The summed E-state index contributed by atoms with van der Waals surface area (Å²) in [5.41, 5.74) is 0.146. The normalized spacial score (nSPS) is 21.6. The van der Waals surface area contributed by atoms with Gasteiger partial charge in [-0.05, 0) is 6.07 Å². The van der Waals surface area contributed by atoms with Crippen LogP contribution >= 0.6 is 0 Å². The number of aliphatic hydroxyl groups is 1. The minimum Gasteiger partial charge on any atom is -0.391 e. The van der Waals surface area contributed by atoms with E-state index in [1.54, 1.807) is 4.90 Å². The quantitative estimate of drug-likeness (QED) is 0.814. The van der Waals surface area contributed by atoms with Crippen LogP contribution in [0.4, 0.5) is 10.2 Å². The van der Waals surface area contributed by atoms with Gasteiger partial charge in [-0.3, -0.25) is 4.79 Å². The minimum absolute atomic E-state index is 0.0995. The number of nitriles is 1. The van der Waals surface area contributed by atoms with E-state index in [-0.39, 0.29) is 36.2 Å². The van der Waals surface area contributed by atoms with Crippen molar-refractivity contribution in [2.24, 2.45) is 5.92 Å². The molecule has 0 unspecified atom stereocenters. The first-order chi connectivity index (χ1) is 9.55. The number of anilines is 1. The van der Waals surface area contributed by atoms with E-state index in [0.717, 1.165) is 6.07 Å². The molecule has 0 aliphatic carbocycles. The van der Waals surface area contributed by atoms with Crippen molar-refractivity contribution in [1.82, 2.24) is 10.3 Å². The Labute approximate surface area is 115 Å². The van der Waals surface area contributed by atoms with Gasteiger partial charge in [0.1, 0.15) is 6.07 Å². The lowest BCUT2D eigenvalue weighted by atomic mass is 10.0. The van der Waals surface area contributed by atoms with Crippen LogP contribution < -0.4 is 10.2 Å². The average Bonchev–Trinajstić information content (AvgIpc) is 2.79. The van der Waals surface area contributed by atoms with Crippen molar-refractivity contribution in [1.29, 1.82) is 5.26 Å². The highest BCUT2D eigenvalue weighted by atomic mass is 19.1. The lowest BCUT2D eigenvalue weighted by Gasteiger charge is -2.17. The summed E-state index contributed by atoms with van der Waals surface area (Å²) >= 11 is 0. The summed E-state index contributed by atoms with van der Waals surface area (Å²) < 4.78 is 13.9. The Morgan fingerprint density at radius 1 is 1.70 bits per heavy atom. The fourth-order valence-corrected chi connectivity index (χ4v) is 2.29. The molecule has 1 aliphatic heterocycles. The monoisotopic (exact) mass is 278 g/mol. The zero-order valence-electron chi connectivity index (χ0n) is 11.0. The number of nitrogens with one attached hydrogen (secondary N) is 1. The van der Waals surface area contributed by atoms with Crippen LogP contribution in [0.15, 0.2) is 12.3 Å². The molecule has 2 heterocycles. The van der Waals surface area contributed by atoms with Crippen molar-refractivity contribution >= 4 is 11.7 Å². The summed E-state index contributed by atoms with van der Waals surface area (Å²) in [6.45, 7) is 0.571. The molecule has 1 aliphatic rings. The van der Waals surface area contributed by atoms with Gasteiger partial charge in [-0.2, -0.15) is 5.26 Å². The third-order valence-corrected chi connectivity index (χ3v) is 3.38. The van der Waals surface area contributed by atoms with Crippen molar-refractivity contribution in [3.63, 3.8) is 0 Å². The standard InChI is InChI=1S/C13H15FN4O2/c1-16-12(20)3-9-6-18(7-11(9)19)13-10(14)2-8(4-15)5-17-13/h2,5,9,11,19H,3,6-7H2,1H3,(H,16,20)/t9-,11-/m1/s1. The molecular weight excluding hydrogens is 263 g/mol. The summed E-state index contributed by atoms with van der Waals surface area (Å²) in [4.78, 5) is 16.8. The van der Waals surface area contributed by atoms with Gasteiger partial charge in [0.25, 0.3) is 0 Å². The molecule has 1 fully saturated rings. The molecule has 2 N–H and O–H groups in total. The molecule has 20 heavy (non-hydrogen) atoms. The number of hydrogen-bond donors (Lipinski definition) is 2. The van der Waals surface area contributed by atoms with Gasteiger partial charge in [0, 0.05) is 38.7 Å². The number of β-amino-alcohol motifs (C(OH)–C–C–N with tert-alkyl or cyclic N) is 1. The van der Waals surface area contributed by atoms with E-state index in [2.05, 4.69) is 10.3 Å². The number of hydrogen-bond acceptors (Lipinski definition) is 5. The second-order valence-corrected chi connectivity index (χ2v) is 4.75. The Kier molecular flexibility index (Phi) is 4.15. The van der Waals surface area contributed by atoms with Crippen LogP contribution in [0.3, 0.4) is 0 Å². The number of halogens is 1. The second kappa shape index (κ2) is 5.84. The SMILES string of the molecule is CNC(=O)C[C@@H]1CN(c2ncc(C#N)cc2F)C[C@H]1O. The van der Waals surface area contributed by atoms with Crippen molar-refractivity contribution in [3.05, 3.63) is 23.6 Å². The van der Waals surface area contributed by atoms with E-state index < -0.39 is 11.9 Å². The highest BCUT2D eigenvalue weighted by Crippen LogP contribution is 2.26. The van der Waals surface area contributed by atoms with Crippen molar-refractivity contribution < 1.29 is 14.3 Å². The smallest absolute Gasteiger partial charge is 0.220 e. The number of rotatable bonds is 3. The summed E-state index contributed by atoms with van der Waals surface area (Å²) in [6.07, 6.45) is 0.771. The van der Waals surface area contributed by atoms with Gasteiger partial charge in [0.15, 0.2) is 11.6 Å². The maximum absolute atomic E-state index is 13.9. The van der Waals surface area contributed by atoms with Gasteiger partial charge < -0.3 is 15.3 Å². The highest BCUT2D eigenvalue weighted by molar-refractivity contribution is 5.76. The Balaban J connectivity index is 2.12. The van der Waals surface area contributed by atoms with Crippen LogP contribution in [-0.2, 0) is 4.79 Å². The Bertz CT molecular complexity index is 558. The zero-order valence-corrected chi connectivity index (χ0v) is 11.0. The van der Waals surface area contributed by atoms with Crippen molar-refractivity contribution in [2.75, 3.05) is 25.0 Å². The van der Waals surface area contributed by atoms with Gasteiger partial charge in [-0.25, -0.2) is 9.37 Å². The molecular formula is C13H15FN4O2. The number of pyridine rings is 1. The minimum atomic E-state index is -0.704. The third kappa shape index (κ3) is 2.86. The molecule has 1 amide bonds. The van der Waals surface area contributed by atoms with Gasteiger partial charge in [0.05, 0.1) is 11.7 Å². The zero-order chi connectivity index (χ0) is 14.7. The van der Waals surface area contributed by atoms with Crippen molar-refractivity contribution in [2.45, 2.75) is 12.5 Å². The number of amides is 1. The molecule has 6 nitrogen and oxygen atoms in total. The van der Waals surface area contributed by atoms with E-state index in [0.29, 0.717) is 6.54 Å². The van der Waals surface area contributed by atoms with Crippen LogP contribution in [0.25, 0.3) is 0 Å². The molecule has 0 aromatic carbocycles. The van der Waals surface area contributed by atoms with Gasteiger partial charge in [-0.1, -0.05) is 0 Å². The summed E-state index contributed by atoms with van der Waals surface area (Å²) in [5, 5.41) is 21.1. The number of carbonyl (C=O) groups excluding carboxylic acids is 1. The summed E-state index contributed by atoms with van der Waals surface area (Å²) in [7, 11) is 1.53. The fourth-order valence-electron chi connectivity index (χ4n) is 2.29. The van der Waals surface area contributed by atoms with E-state index >= 15 is 0 Å². The molecule has 0 saturated carbocycles. The maximum atomic E-state index is 13.9. The maximum Gasteiger partial charge on any atom is 0.220 e. The average molecular weight is 278 g/mol. The first-order valence-electron chi connectivity index (χ1n) is 6.24. The summed E-state index contributed by atoms with van der Waals surface area (Å²) in [5.74, 6) is -0.921. The Morgan fingerprint density at radius 3 is 3.05 bits per heavy atom. The molecule has 1 aromatic heterocycles. The van der Waals surface area contributed by atoms with Gasteiger partial charge in [-0.15, -0.1) is 0 Å². The molecule has 0 bridgehead atoms. The predicted molar refractivity (Wildman–Crippen MR) is 69.3 cm³/mol. The molecule has 1 saturated heterocycles. The lowest BCUT2D eigenvalue weighted by molar-refractivity contribution is -0.122. The molecule has 2 rings (SSSR count). The lowest BCUT2D eigenvalue weighted by Crippen LogP contribution is -2.27. The fraction of sp³-hybridized carbons (Fsp3) is 0.462. The summed E-state index contributed by atoms with van der Waals surface area (Å²) in [6, 6.07) is 2.93. The van der Waals surface area contributed by atoms with Crippen LogP contribution in [0, 0.1) is 23.1 Å². The highest BCUT2D eigenvalue weighted by Gasteiger charge is 2.34. The third-order valence-electron chi connectivity index (χ3n) is 3.38. The Morgan fingerprint density at radius 2 is 2.45 bits per heavy atom. The first kappa shape index (κ1) is 14.2. The molecule has 7 heteroatoms. The molecule has 2 atom stereocenters. The first-order valence-corrected chi connectivity index (χ1v) is 6.24. The van der Waals surface area contributed by atoms with Gasteiger partial charge >= 0.3 is 0 Å².